The number of hydrogen-bond donors (Lipinski definition) is 0. The van der Waals surface area contributed by atoms with Crippen LogP contribution in [0.25, 0.3) is 0 Å². The van der Waals surface area contributed by atoms with Crippen molar-refractivity contribution in [3.8, 4) is 0 Å². The zero-order valence-electron chi connectivity index (χ0n) is 6.24. The fourth-order valence-electron chi connectivity index (χ4n) is 0. The van der Waals surface area contributed by atoms with E-state index in [2.05, 4.69) is 20.8 Å². The molecule has 0 atom stereocenters. The van der Waals surface area contributed by atoms with Gasteiger partial charge in [-0.05, 0) is 0 Å². The fraction of sp³-hybridized carbons (Fsp3) is 0.667. The minimum atomic E-state index is 0. The van der Waals surface area contributed by atoms with Crippen LogP contribution in [0.4, 0.5) is 0 Å². The second-order valence-corrected chi connectivity index (χ2v) is 0.854. The molecule has 0 saturated heterocycles. The van der Waals surface area contributed by atoms with Gasteiger partial charge in [0.15, 0.2) is 0 Å². The maximum Gasteiger partial charge on any atom is 2.00 e. The van der Waals surface area contributed by atoms with Gasteiger partial charge in [-0.1, -0.05) is 13.3 Å². The molecule has 0 aromatic heterocycles. The van der Waals surface area contributed by atoms with Crippen LogP contribution in [0.2, 0.25) is 0 Å². The van der Waals surface area contributed by atoms with Crippen molar-refractivity contribution in [2.45, 2.75) is 26.7 Å². The summed E-state index contributed by atoms with van der Waals surface area (Å²) in [5, 5.41) is 0. The van der Waals surface area contributed by atoms with Crippen molar-refractivity contribution in [2.75, 3.05) is 0 Å². The number of rotatable bonds is 1. The van der Waals surface area contributed by atoms with Gasteiger partial charge in [-0.25, -0.2) is 0 Å². The van der Waals surface area contributed by atoms with E-state index in [1.165, 1.54) is 6.42 Å². The molecule has 8 heavy (non-hydrogen) atoms. The molecule has 0 N–H and O–H groups in total. The summed E-state index contributed by atoms with van der Waals surface area (Å²) in [7, 11) is 0. The second-order valence-electron chi connectivity index (χ2n) is 0.854. The molecule has 2 heteroatoms. The van der Waals surface area contributed by atoms with Gasteiger partial charge in [-0.3, -0.25) is 0 Å². The topological polar surface area (TPSA) is 0 Å². The van der Waals surface area contributed by atoms with Crippen LogP contribution in [0.15, 0.2) is 0 Å². The summed E-state index contributed by atoms with van der Waals surface area (Å²) in [6, 6.07) is 0. The zero-order valence-corrected chi connectivity index (χ0v) is 9.07. The molecule has 0 unspecified atom stereocenters. The molecule has 0 aliphatic carbocycles. The maximum atomic E-state index is 3.60. The summed E-state index contributed by atoms with van der Waals surface area (Å²) in [6.45, 7) is 10.7. The Hall–Kier alpha value is 1.53. The molecule has 2 radical (unpaired) electrons. The van der Waals surface area contributed by atoms with Crippen LogP contribution in [0.1, 0.15) is 26.7 Å². The summed E-state index contributed by atoms with van der Waals surface area (Å²) < 4.78 is 0. The first-order valence-corrected chi connectivity index (χ1v) is 2.41. The van der Waals surface area contributed by atoms with E-state index >= 15 is 0 Å². The molecular weight excluding hydrogens is 121 g/mol. The molecule has 0 aromatic carbocycles. The van der Waals surface area contributed by atoms with Crippen molar-refractivity contribution >= 4 is 46.1 Å². The van der Waals surface area contributed by atoms with Gasteiger partial charge in [0.1, 0.15) is 0 Å². The van der Waals surface area contributed by atoms with E-state index < -0.39 is 0 Å². The van der Waals surface area contributed by atoms with Gasteiger partial charge in [-0.2, -0.15) is 13.3 Å². The molecule has 0 saturated carbocycles. The average Bonchev–Trinajstić information content (AvgIpc) is 1.72. The standard InChI is InChI=1S/C4H9.C2H5.2Mg/c1-3-4-2;1-2;;/h1,3-4H2,2H3;1H2,2H3;;/q2*-1;;+2. The summed E-state index contributed by atoms with van der Waals surface area (Å²) in [6.07, 6.45) is 2.28. The number of hydrogen-bond acceptors (Lipinski definition) is 0. The second kappa shape index (κ2) is 38.8. The first-order chi connectivity index (χ1) is 2.91. The van der Waals surface area contributed by atoms with Gasteiger partial charge in [0.05, 0.1) is 0 Å². The SMILES string of the molecule is [CH2-]C.[CH2-]CCC.[Mg+2].[Mg]. The Kier molecular flexibility index (Phi) is 110. The van der Waals surface area contributed by atoms with Crippen LogP contribution >= 0.6 is 0 Å². The molecule has 0 heterocycles. The maximum absolute atomic E-state index is 3.60. The van der Waals surface area contributed by atoms with Crippen molar-refractivity contribution in [3.05, 3.63) is 13.8 Å². The van der Waals surface area contributed by atoms with E-state index in [-0.39, 0.29) is 46.1 Å². The Morgan fingerprint density at radius 2 is 1.38 bits per heavy atom. The molecule has 0 rings (SSSR count). The Balaban J connectivity index is -0.0000000183. The van der Waals surface area contributed by atoms with Crippen LogP contribution < -0.4 is 0 Å². The molecule has 0 aromatic rings. The van der Waals surface area contributed by atoms with Crippen LogP contribution in [0.3, 0.4) is 0 Å². The van der Waals surface area contributed by atoms with Gasteiger partial charge >= 0.3 is 23.1 Å². The Morgan fingerprint density at radius 1 is 1.25 bits per heavy atom. The molecule has 42 valence electrons. The Morgan fingerprint density at radius 3 is 1.38 bits per heavy atom. The fourth-order valence-corrected chi connectivity index (χ4v) is 0. The monoisotopic (exact) mass is 134 g/mol. The van der Waals surface area contributed by atoms with E-state index in [0.29, 0.717) is 0 Å². The van der Waals surface area contributed by atoms with E-state index in [0.717, 1.165) is 6.42 Å². The van der Waals surface area contributed by atoms with Gasteiger partial charge in [-0.15, -0.1) is 0 Å². The molecule has 0 nitrogen and oxygen atoms in total. The van der Waals surface area contributed by atoms with E-state index in [1.54, 1.807) is 6.92 Å². The predicted octanol–water partition coefficient (Wildman–Crippen LogP) is 1.70. The van der Waals surface area contributed by atoms with Crippen molar-refractivity contribution in [1.29, 1.82) is 0 Å². The largest absolute Gasteiger partial charge is 2.00 e. The summed E-state index contributed by atoms with van der Waals surface area (Å²) in [4.78, 5) is 0. The van der Waals surface area contributed by atoms with Gasteiger partial charge in [0.25, 0.3) is 0 Å². The molecular formula is C6H14Mg2. The molecule has 0 aliphatic rings. The smallest absolute Gasteiger partial charge is 0.346 e. The molecule has 0 aliphatic heterocycles. The molecule has 0 amide bonds. The van der Waals surface area contributed by atoms with E-state index in [9.17, 15) is 0 Å². The third-order valence-corrected chi connectivity index (χ3v) is 0.354. The van der Waals surface area contributed by atoms with Crippen molar-refractivity contribution in [1.82, 2.24) is 0 Å². The van der Waals surface area contributed by atoms with Gasteiger partial charge in [0, 0.05) is 23.1 Å². The molecule has 0 fully saturated rings. The van der Waals surface area contributed by atoms with E-state index in [4.69, 9.17) is 0 Å². The average molecular weight is 135 g/mol. The van der Waals surface area contributed by atoms with Crippen LogP contribution in [-0.2, 0) is 0 Å². The summed E-state index contributed by atoms with van der Waals surface area (Å²) >= 11 is 0. The Labute approximate surface area is 86.1 Å². The molecule has 0 spiro atoms. The first kappa shape index (κ1) is 22.7. The number of unbranched alkanes of at least 4 members (excludes halogenated alkanes) is 1. The third kappa shape index (κ3) is 50.1. The van der Waals surface area contributed by atoms with Crippen molar-refractivity contribution < 1.29 is 0 Å². The van der Waals surface area contributed by atoms with Crippen molar-refractivity contribution in [2.24, 2.45) is 0 Å². The van der Waals surface area contributed by atoms with E-state index in [1.807, 2.05) is 0 Å². The van der Waals surface area contributed by atoms with Crippen LogP contribution in [0.5, 0.6) is 0 Å². The van der Waals surface area contributed by atoms with Gasteiger partial charge < -0.3 is 13.8 Å². The quantitative estimate of drug-likeness (QED) is 0.379. The summed E-state index contributed by atoms with van der Waals surface area (Å²) in [5.41, 5.74) is 0. The minimum absolute atomic E-state index is 0. The van der Waals surface area contributed by atoms with Crippen LogP contribution in [-0.4, -0.2) is 46.1 Å². The Bertz CT molecular complexity index is 8.49. The predicted molar refractivity (Wildman–Crippen MR) is 42.8 cm³/mol. The van der Waals surface area contributed by atoms with Gasteiger partial charge in [0.2, 0.25) is 0 Å². The first-order valence-electron chi connectivity index (χ1n) is 2.41. The van der Waals surface area contributed by atoms with Crippen molar-refractivity contribution in [3.63, 3.8) is 0 Å². The molecule has 0 bridgehead atoms. The minimum Gasteiger partial charge on any atom is -0.346 e. The zero-order chi connectivity index (χ0) is 5.41. The third-order valence-electron chi connectivity index (χ3n) is 0.354. The normalized spacial score (nSPS) is 4.50. The van der Waals surface area contributed by atoms with Crippen LogP contribution in [0, 0.1) is 13.8 Å². The summed E-state index contributed by atoms with van der Waals surface area (Å²) in [5.74, 6) is 0.